The van der Waals surface area contributed by atoms with Crippen molar-refractivity contribution in [2.24, 2.45) is 0 Å². The van der Waals surface area contributed by atoms with Crippen LogP contribution in [0.1, 0.15) is 23.9 Å². The lowest BCUT2D eigenvalue weighted by Gasteiger charge is -2.08. The molecule has 2 N–H and O–H groups in total. The maximum Gasteiger partial charge on any atom is 0.220 e. The maximum atomic E-state index is 5.55. The number of allylic oxidation sites excluding steroid dienone is 1. The van der Waals surface area contributed by atoms with Gasteiger partial charge in [0.25, 0.3) is 0 Å². The first kappa shape index (κ1) is 9.71. The fourth-order valence-electron chi connectivity index (χ4n) is 1.38. The normalized spacial score (nSPS) is 10.0. The highest BCUT2D eigenvalue weighted by atomic mass is 15.0. The number of hydrogen-bond acceptors (Lipinski definition) is 3. The van der Waals surface area contributed by atoms with Crippen molar-refractivity contribution >= 4 is 5.95 Å². The summed E-state index contributed by atoms with van der Waals surface area (Å²) in [4.78, 5) is 8.31. The smallest absolute Gasteiger partial charge is 0.220 e. The molecule has 0 unspecified atom stereocenters. The molecule has 70 valence electrons. The monoisotopic (exact) mass is 177 g/mol. The molecule has 0 bridgehead atoms. The van der Waals surface area contributed by atoms with Crippen LogP contribution in [-0.2, 0) is 12.8 Å². The van der Waals surface area contributed by atoms with Crippen LogP contribution in [-0.4, -0.2) is 9.97 Å². The zero-order valence-electron chi connectivity index (χ0n) is 8.17. The molecule has 3 nitrogen and oxygen atoms in total. The van der Waals surface area contributed by atoms with Crippen LogP contribution in [0.4, 0.5) is 5.95 Å². The molecular weight excluding hydrogens is 162 g/mol. The van der Waals surface area contributed by atoms with E-state index in [1.54, 1.807) is 0 Å². The Morgan fingerprint density at radius 2 is 2.15 bits per heavy atom. The van der Waals surface area contributed by atoms with Gasteiger partial charge >= 0.3 is 0 Å². The molecule has 0 fully saturated rings. The summed E-state index contributed by atoms with van der Waals surface area (Å²) < 4.78 is 0. The Morgan fingerprint density at radius 1 is 1.46 bits per heavy atom. The molecule has 1 aromatic heterocycles. The summed E-state index contributed by atoms with van der Waals surface area (Å²) >= 11 is 0. The summed E-state index contributed by atoms with van der Waals surface area (Å²) in [5, 5.41) is 0. The van der Waals surface area contributed by atoms with Gasteiger partial charge in [0.15, 0.2) is 0 Å². The Hall–Kier alpha value is -1.38. The van der Waals surface area contributed by atoms with Crippen molar-refractivity contribution in [3.63, 3.8) is 0 Å². The predicted molar refractivity (Wildman–Crippen MR) is 54.5 cm³/mol. The largest absolute Gasteiger partial charge is 0.368 e. The van der Waals surface area contributed by atoms with Crippen molar-refractivity contribution < 1.29 is 0 Å². The molecule has 0 saturated carbocycles. The molecule has 0 aliphatic heterocycles. The molecule has 1 rings (SSSR count). The Bertz CT molecular complexity index is 318. The van der Waals surface area contributed by atoms with Crippen LogP contribution in [0.25, 0.3) is 0 Å². The number of aromatic nitrogens is 2. The molecule has 0 aliphatic rings. The lowest BCUT2D eigenvalue weighted by molar-refractivity contribution is 0.934. The van der Waals surface area contributed by atoms with E-state index in [-0.39, 0.29) is 0 Å². The molecule has 1 aromatic rings. The third-order valence-electron chi connectivity index (χ3n) is 2.00. The number of anilines is 1. The summed E-state index contributed by atoms with van der Waals surface area (Å²) in [6, 6.07) is 0. The highest BCUT2D eigenvalue weighted by molar-refractivity contribution is 5.32. The molecule has 13 heavy (non-hydrogen) atoms. The summed E-state index contributed by atoms with van der Waals surface area (Å²) in [7, 11) is 0. The van der Waals surface area contributed by atoms with E-state index >= 15 is 0 Å². The number of nitrogens with two attached hydrogens (primary N) is 1. The summed E-state index contributed by atoms with van der Waals surface area (Å²) in [6.07, 6.45) is 3.56. The minimum Gasteiger partial charge on any atom is -0.368 e. The minimum absolute atomic E-state index is 0.363. The Labute approximate surface area is 78.7 Å². The van der Waals surface area contributed by atoms with Crippen LogP contribution in [0, 0.1) is 6.92 Å². The van der Waals surface area contributed by atoms with E-state index in [0.717, 1.165) is 29.8 Å². The van der Waals surface area contributed by atoms with Crippen molar-refractivity contribution in [3.05, 3.63) is 29.6 Å². The SMILES string of the molecule is C=CCc1c(C)nc(N)nc1CC. The predicted octanol–water partition coefficient (Wildman–Crippen LogP) is 1.66. The number of nitrogens with zero attached hydrogens (tertiary/aromatic N) is 2. The highest BCUT2D eigenvalue weighted by Crippen LogP contribution is 2.13. The topological polar surface area (TPSA) is 51.8 Å². The molecule has 0 aliphatic carbocycles. The van der Waals surface area contributed by atoms with Gasteiger partial charge in [-0.2, -0.15) is 0 Å². The standard InChI is InChI=1S/C10H15N3/c1-4-6-8-7(3)12-10(11)13-9(8)5-2/h4H,1,5-6H2,2-3H3,(H2,11,12,13). The van der Waals surface area contributed by atoms with Crippen LogP contribution in [0.15, 0.2) is 12.7 Å². The fourth-order valence-corrected chi connectivity index (χ4v) is 1.38. The van der Waals surface area contributed by atoms with Crippen LogP contribution >= 0.6 is 0 Å². The Balaban J connectivity index is 3.20. The van der Waals surface area contributed by atoms with E-state index < -0.39 is 0 Å². The summed E-state index contributed by atoms with van der Waals surface area (Å²) in [5.74, 6) is 0.363. The van der Waals surface area contributed by atoms with Crippen molar-refractivity contribution in [2.45, 2.75) is 26.7 Å². The first-order valence-electron chi connectivity index (χ1n) is 4.41. The van der Waals surface area contributed by atoms with E-state index in [4.69, 9.17) is 5.73 Å². The second kappa shape index (κ2) is 4.03. The van der Waals surface area contributed by atoms with E-state index in [1.165, 1.54) is 0 Å². The Kier molecular flexibility index (Phi) is 3.01. The fraction of sp³-hybridized carbons (Fsp3) is 0.400. The first-order chi connectivity index (χ1) is 6.19. The van der Waals surface area contributed by atoms with Gasteiger partial charge in [0.05, 0.1) is 0 Å². The number of nitrogen functional groups attached to an aromatic ring is 1. The van der Waals surface area contributed by atoms with Crippen molar-refractivity contribution in [3.8, 4) is 0 Å². The van der Waals surface area contributed by atoms with Crippen LogP contribution in [0.5, 0.6) is 0 Å². The first-order valence-corrected chi connectivity index (χ1v) is 4.41. The molecule has 0 atom stereocenters. The molecule has 0 spiro atoms. The van der Waals surface area contributed by atoms with Crippen LogP contribution < -0.4 is 5.73 Å². The summed E-state index contributed by atoms with van der Waals surface area (Å²) in [5.41, 5.74) is 8.71. The summed E-state index contributed by atoms with van der Waals surface area (Å²) in [6.45, 7) is 7.73. The van der Waals surface area contributed by atoms with Gasteiger partial charge in [0, 0.05) is 11.4 Å². The second-order valence-electron chi connectivity index (χ2n) is 2.94. The van der Waals surface area contributed by atoms with E-state index in [1.807, 2.05) is 13.0 Å². The average Bonchev–Trinajstić information content (AvgIpc) is 2.09. The van der Waals surface area contributed by atoms with E-state index in [9.17, 15) is 0 Å². The third kappa shape index (κ3) is 2.05. The number of hydrogen-bond donors (Lipinski definition) is 1. The van der Waals surface area contributed by atoms with Gasteiger partial charge in [0.2, 0.25) is 5.95 Å². The highest BCUT2D eigenvalue weighted by Gasteiger charge is 2.06. The lowest BCUT2D eigenvalue weighted by atomic mass is 10.1. The average molecular weight is 177 g/mol. The van der Waals surface area contributed by atoms with E-state index in [0.29, 0.717) is 5.95 Å². The Morgan fingerprint density at radius 3 is 2.69 bits per heavy atom. The molecule has 1 heterocycles. The van der Waals surface area contributed by atoms with Gasteiger partial charge in [-0.05, 0) is 25.3 Å². The zero-order valence-corrected chi connectivity index (χ0v) is 8.17. The van der Waals surface area contributed by atoms with Crippen molar-refractivity contribution in [1.82, 2.24) is 9.97 Å². The van der Waals surface area contributed by atoms with Crippen LogP contribution in [0.3, 0.4) is 0 Å². The van der Waals surface area contributed by atoms with Crippen LogP contribution in [0.2, 0.25) is 0 Å². The second-order valence-corrected chi connectivity index (χ2v) is 2.94. The van der Waals surface area contributed by atoms with Gasteiger partial charge in [-0.1, -0.05) is 13.0 Å². The minimum atomic E-state index is 0.363. The number of rotatable bonds is 3. The maximum absolute atomic E-state index is 5.55. The number of aryl methyl sites for hydroxylation is 2. The zero-order chi connectivity index (χ0) is 9.84. The molecule has 0 amide bonds. The van der Waals surface area contributed by atoms with Gasteiger partial charge in [-0.25, -0.2) is 9.97 Å². The van der Waals surface area contributed by atoms with Gasteiger partial charge in [-0.15, -0.1) is 6.58 Å². The lowest BCUT2D eigenvalue weighted by Crippen LogP contribution is -2.06. The molecule has 3 heteroatoms. The third-order valence-corrected chi connectivity index (χ3v) is 2.00. The molecule has 0 aromatic carbocycles. The van der Waals surface area contributed by atoms with Gasteiger partial charge in [-0.3, -0.25) is 0 Å². The molecule has 0 saturated heterocycles. The quantitative estimate of drug-likeness (QED) is 0.714. The van der Waals surface area contributed by atoms with Crippen molar-refractivity contribution in [1.29, 1.82) is 0 Å². The van der Waals surface area contributed by atoms with Crippen molar-refractivity contribution in [2.75, 3.05) is 5.73 Å². The molecular formula is C10H15N3. The van der Waals surface area contributed by atoms with Gasteiger partial charge in [0.1, 0.15) is 0 Å². The van der Waals surface area contributed by atoms with E-state index in [2.05, 4.69) is 23.5 Å². The van der Waals surface area contributed by atoms with Gasteiger partial charge < -0.3 is 5.73 Å². The molecule has 0 radical (unpaired) electrons.